The Hall–Kier alpha value is -1.46. The van der Waals surface area contributed by atoms with Crippen LogP contribution in [-0.2, 0) is 11.3 Å². The lowest BCUT2D eigenvalue weighted by Crippen LogP contribution is -2.53. The number of aliphatic hydroxyl groups is 1. The van der Waals surface area contributed by atoms with Gasteiger partial charge in [-0.15, -0.1) is 0 Å². The van der Waals surface area contributed by atoms with Crippen molar-refractivity contribution in [2.45, 2.75) is 31.3 Å². The smallest absolute Gasteiger partial charge is 0.340 e. The van der Waals surface area contributed by atoms with Gasteiger partial charge in [0.25, 0.3) is 0 Å². The van der Waals surface area contributed by atoms with Gasteiger partial charge in [-0.25, -0.2) is 9.18 Å². The summed E-state index contributed by atoms with van der Waals surface area (Å²) in [6.07, 6.45) is 2.97. The molecule has 2 rings (SSSR count). The van der Waals surface area contributed by atoms with Gasteiger partial charge < -0.3 is 15.2 Å². The molecular weight excluding hydrogens is 249 g/mol. The molecule has 4 nitrogen and oxygen atoms in total. The van der Waals surface area contributed by atoms with Crippen molar-refractivity contribution in [1.29, 1.82) is 0 Å². The Morgan fingerprint density at radius 2 is 2.26 bits per heavy atom. The quantitative estimate of drug-likeness (QED) is 0.796. The first-order chi connectivity index (χ1) is 9.10. The van der Waals surface area contributed by atoms with E-state index in [-0.39, 0.29) is 17.7 Å². The zero-order valence-electron chi connectivity index (χ0n) is 10.9. The predicted molar refractivity (Wildman–Crippen MR) is 68.2 cm³/mol. The molecule has 0 aromatic heterocycles. The summed E-state index contributed by atoms with van der Waals surface area (Å²) in [5.74, 6) is -1.26. The molecule has 1 aromatic rings. The van der Waals surface area contributed by atoms with E-state index < -0.39 is 11.8 Å². The highest BCUT2D eigenvalue weighted by molar-refractivity contribution is 5.89. The van der Waals surface area contributed by atoms with E-state index in [4.69, 9.17) is 0 Å². The SMILES string of the molecule is COC(=O)c1ccc(CNC2(CO)CCC2)cc1F. The summed E-state index contributed by atoms with van der Waals surface area (Å²) in [7, 11) is 1.22. The van der Waals surface area contributed by atoms with Crippen LogP contribution in [0.15, 0.2) is 18.2 Å². The lowest BCUT2D eigenvalue weighted by atomic mass is 9.77. The zero-order chi connectivity index (χ0) is 13.9. The number of carbonyl (C=O) groups excluding carboxylic acids is 1. The fourth-order valence-corrected chi connectivity index (χ4v) is 2.23. The number of esters is 1. The zero-order valence-corrected chi connectivity index (χ0v) is 10.9. The molecule has 0 spiro atoms. The monoisotopic (exact) mass is 267 g/mol. The number of carbonyl (C=O) groups is 1. The number of rotatable bonds is 5. The normalized spacial score (nSPS) is 16.8. The van der Waals surface area contributed by atoms with Gasteiger partial charge in [-0.2, -0.15) is 0 Å². The molecule has 0 aliphatic heterocycles. The Labute approximate surface area is 111 Å². The topological polar surface area (TPSA) is 58.6 Å². The lowest BCUT2D eigenvalue weighted by molar-refractivity contribution is 0.0595. The van der Waals surface area contributed by atoms with Crippen LogP contribution < -0.4 is 5.32 Å². The molecule has 0 bridgehead atoms. The molecule has 1 saturated carbocycles. The molecular formula is C14H18FNO3. The molecule has 104 valence electrons. The Balaban J connectivity index is 2.02. The third-order valence-corrected chi connectivity index (χ3v) is 3.72. The Morgan fingerprint density at radius 1 is 1.53 bits per heavy atom. The fraction of sp³-hybridized carbons (Fsp3) is 0.500. The Morgan fingerprint density at radius 3 is 2.74 bits per heavy atom. The molecule has 0 radical (unpaired) electrons. The van der Waals surface area contributed by atoms with Crippen molar-refractivity contribution in [2.24, 2.45) is 0 Å². The van der Waals surface area contributed by atoms with E-state index in [0.29, 0.717) is 6.54 Å². The molecule has 0 heterocycles. The molecule has 1 fully saturated rings. The van der Waals surface area contributed by atoms with E-state index in [1.165, 1.54) is 19.2 Å². The first-order valence-electron chi connectivity index (χ1n) is 6.33. The van der Waals surface area contributed by atoms with Crippen LogP contribution in [0.2, 0.25) is 0 Å². The third kappa shape index (κ3) is 2.93. The van der Waals surface area contributed by atoms with Crippen molar-refractivity contribution in [3.05, 3.63) is 35.1 Å². The largest absolute Gasteiger partial charge is 0.465 e. The Bertz CT molecular complexity index is 466. The van der Waals surface area contributed by atoms with E-state index in [1.54, 1.807) is 6.07 Å². The van der Waals surface area contributed by atoms with Crippen molar-refractivity contribution >= 4 is 5.97 Å². The highest BCUT2D eigenvalue weighted by Crippen LogP contribution is 2.31. The van der Waals surface area contributed by atoms with Crippen molar-refractivity contribution < 1.29 is 19.0 Å². The number of nitrogens with one attached hydrogen (secondary N) is 1. The van der Waals surface area contributed by atoms with Gasteiger partial charge >= 0.3 is 5.97 Å². The minimum Gasteiger partial charge on any atom is -0.465 e. The fourth-order valence-electron chi connectivity index (χ4n) is 2.23. The highest BCUT2D eigenvalue weighted by atomic mass is 19.1. The number of aliphatic hydroxyl groups excluding tert-OH is 1. The van der Waals surface area contributed by atoms with Crippen LogP contribution in [-0.4, -0.2) is 30.3 Å². The maximum absolute atomic E-state index is 13.7. The minimum absolute atomic E-state index is 0.0632. The van der Waals surface area contributed by atoms with E-state index >= 15 is 0 Å². The van der Waals surface area contributed by atoms with Crippen molar-refractivity contribution in [3.63, 3.8) is 0 Å². The van der Waals surface area contributed by atoms with Crippen LogP contribution >= 0.6 is 0 Å². The van der Waals surface area contributed by atoms with Crippen LogP contribution in [0.3, 0.4) is 0 Å². The van der Waals surface area contributed by atoms with Gasteiger partial charge in [0, 0.05) is 12.1 Å². The molecule has 5 heteroatoms. The van der Waals surface area contributed by atoms with Gasteiger partial charge in [0.2, 0.25) is 0 Å². The van der Waals surface area contributed by atoms with E-state index in [2.05, 4.69) is 10.1 Å². The van der Waals surface area contributed by atoms with Crippen molar-refractivity contribution in [2.75, 3.05) is 13.7 Å². The third-order valence-electron chi connectivity index (χ3n) is 3.72. The molecule has 0 atom stereocenters. The van der Waals surface area contributed by atoms with E-state index in [0.717, 1.165) is 24.8 Å². The summed E-state index contributed by atoms with van der Waals surface area (Å²) in [6, 6.07) is 4.43. The number of halogens is 1. The first kappa shape index (κ1) is 14.0. The van der Waals surface area contributed by atoms with Gasteiger partial charge in [-0.05, 0) is 37.0 Å². The molecule has 2 N–H and O–H groups in total. The number of hydrogen-bond donors (Lipinski definition) is 2. The van der Waals surface area contributed by atoms with Gasteiger partial charge in [0.1, 0.15) is 5.82 Å². The summed E-state index contributed by atoms with van der Waals surface area (Å²) in [6.45, 7) is 0.564. The van der Waals surface area contributed by atoms with Crippen molar-refractivity contribution in [3.8, 4) is 0 Å². The molecule has 1 aromatic carbocycles. The maximum Gasteiger partial charge on any atom is 0.340 e. The number of methoxy groups -OCH3 is 1. The lowest BCUT2D eigenvalue weighted by Gasteiger charge is -2.41. The van der Waals surface area contributed by atoms with Gasteiger partial charge in [-0.3, -0.25) is 0 Å². The average molecular weight is 267 g/mol. The van der Waals surface area contributed by atoms with E-state index in [1.807, 2.05) is 0 Å². The standard InChI is InChI=1S/C14H18FNO3/c1-19-13(18)11-4-3-10(7-12(11)15)8-16-14(9-17)5-2-6-14/h3-4,7,16-17H,2,5-6,8-9H2,1H3. The van der Waals surface area contributed by atoms with Crippen LogP contribution in [0.25, 0.3) is 0 Å². The van der Waals surface area contributed by atoms with Crippen LogP contribution in [0.5, 0.6) is 0 Å². The Kier molecular flexibility index (Phi) is 4.17. The second-order valence-corrected chi connectivity index (χ2v) is 4.95. The van der Waals surface area contributed by atoms with E-state index in [9.17, 15) is 14.3 Å². The second kappa shape index (κ2) is 5.67. The van der Waals surface area contributed by atoms with Crippen LogP contribution in [0.4, 0.5) is 4.39 Å². The molecule has 19 heavy (non-hydrogen) atoms. The van der Waals surface area contributed by atoms with Gasteiger partial charge in [-0.1, -0.05) is 6.07 Å². The highest BCUT2D eigenvalue weighted by Gasteiger charge is 2.35. The molecule has 0 unspecified atom stereocenters. The number of benzene rings is 1. The summed E-state index contributed by atoms with van der Waals surface area (Å²) in [4.78, 5) is 11.3. The second-order valence-electron chi connectivity index (χ2n) is 4.95. The number of hydrogen-bond acceptors (Lipinski definition) is 4. The maximum atomic E-state index is 13.7. The first-order valence-corrected chi connectivity index (χ1v) is 6.33. The predicted octanol–water partition coefficient (Wildman–Crippen LogP) is 1.62. The van der Waals surface area contributed by atoms with Gasteiger partial charge in [0.15, 0.2) is 0 Å². The van der Waals surface area contributed by atoms with Crippen LogP contribution in [0, 0.1) is 5.82 Å². The molecule has 0 amide bonds. The van der Waals surface area contributed by atoms with Gasteiger partial charge in [0.05, 0.1) is 19.3 Å². The van der Waals surface area contributed by atoms with Crippen molar-refractivity contribution in [1.82, 2.24) is 5.32 Å². The molecule has 0 saturated heterocycles. The molecule has 1 aliphatic carbocycles. The summed E-state index contributed by atoms with van der Waals surface area (Å²) >= 11 is 0. The van der Waals surface area contributed by atoms with Crippen LogP contribution in [0.1, 0.15) is 35.2 Å². The molecule has 1 aliphatic rings. The number of ether oxygens (including phenoxy) is 1. The minimum atomic E-state index is -0.678. The summed E-state index contributed by atoms with van der Waals surface area (Å²) in [5.41, 5.74) is 0.467. The summed E-state index contributed by atoms with van der Waals surface area (Å²) < 4.78 is 18.2. The average Bonchev–Trinajstić information content (AvgIpc) is 2.37. The summed E-state index contributed by atoms with van der Waals surface area (Å²) in [5, 5.41) is 12.6.